The van der Waals surface area contributed by atoms with Gasteiger partial charge in [-0.2, -0.15) is 0 Å². The van der Waals surface area contributed by atoms with Gasteiger partial charge in [-0.15, -0.1) is 0 Å². The Bertz CT molecular complexity index is 912. The van der Waals surface area contributed by atoms with E-state index in [2.05, 4.69) is 48.9 Å². The molecule has 0 aliphatic carbocycles. The zero-order valence-corrected chi connectivity index (χ0v) is 16.0. The van der Waals surface area contributed by atoms with Crippen LogP contribution in [-0.4, -0.2) is 34.4 Å². The maximum Gasteiger partial charge on any atom is 0.243 e. The molecule has 0 saturated carbocycles. The molecule has 1 aromatic heterocycles. The lowest BCUT2D eigenvalue weighted by Gasteiger charge is -2.31. The third-order valence-corrected chi connectivity index (χ3v) is 5.14. The molecule has 0 spiro atoms. The standard InChI is InChI=1S/C18H18BrN5O2/c1-25-16-8-5-12(9-17(16)26-2)15-10-14(11-3-6-13(19)7-4-11)20-18-21-22-23-24(15)18/h3-9,14-15H,10H2,1-2H3,(H,20,21,23)/t14-,15+/m1/s1. The van der Waals surface area contributed by atoms with Crippen LogP contribution < -0.4 is 14.8 Å². The van der Waals surface area contributed by atoms with Crippen molar-refractivity contribution in [3.8, 4) is 11.5 Å². The average molecular weight is 416 g/mol. The number of tetrazole rings is 1. The van der Waals surface area contributed by atoms with Crippen molar-refractivity contribution in [2.45, 2.75) is 18.5 Å². The van der Waals surface area contributed by atoms with Gasteiger partial charge in [-0.1, -0.05) is 39.2 Å². The van der Waals surface area contributed by atoms with Crippen LogP contribution in [0.2, 0.25) is 0 Å². The summed E-state index contributed by atoms with van der Waals surface area (Å²) in [5, 5.41) is 15.6. The first kappa shape index (κ1) is 16.8. The van der Waals surface area contributed by atoms with E-state index in [4.69, 9.17) is 9.47 Å². The Morgan fingerprint density at radius 3 is 2.50 bits per heavy atom. The SMILES string of the molecule is COc1ccc([C@@H]2C[C@H](c3ccc(Br)cc3)Nc3nnnn32)cc1OC. The minimum atomic E-state index is -0.00490. The quantitative estimate of drug-likeness (QED) is 0.701. The van der Waals surface area contributed by atoms with Crippen molar-refractivity contribution in [3.05, 3.63) is 58.1 Å². The molecular weight excluding hydrogens is 398 g/mol. The highest BCUT2D eigenvalue weighted by molar-refractivity contribution is 9.10. The smallest absolute Gasteiger partial charge is 0.243 e. The zero-order chi connectivity index (χ0) is 18.1. The van der Waals surface area contributed by atoms with Gasteiger partial charge in [0.05, 0.1) is 26.3 Å². The third kappa shape index (κ3) is 3.01. The van der Waals surface area contributed by atoms with Crippen molar-refractivity contribution in [2.24, 2.45) is 0 Å². The number of hydrogen-bond donors (Lipinski definition) is 1. The van der Waals surface area contributed by atoms with Crippen LogP contribution in [-0.2, 0) is 0 Å². The lowest BCUT2D eigenvalue weighted by Crippen LogP contribution is -2.28. The van der Waals surface area contributed by atoms with E-state index in [-0.39, 0.29) is 12.1 Å². The van der Waals surface area contributed by atoms with E-state index in [1.54, 1.807) is 14.2 Å². The third-order valence-electron chi connectivity index (χ3n) is 4.62. The van der Waals surface area contributed by atoms with Crippen LogP contribution >= 0.6 is 15.9 Å². The van der Waals surface area contributed by atoms with Crippen molar-refractivity contribution in [1.29, 1.82) is 0 Å². The van der Waals surface area contributed by atoms with Crippen molar-refractivity contribution in [3.63, 3.8) is 0 Å². The molecule has 1 aliphatic heterocycles. The van der Waals surface area contributed by atoms with Crippen molar-refractivity contribution < 1.29 is 9.47 Å². The van der Waals surface area contributed by atoms with Crippen LogP contribution in [0.3, 0.4) is 0 Å². The number of nitrogens with one attached hydrogen (secondary N) is 1. The second kappa shape index (κ2) is 6.95. The number of nitrogens with zero attached hydrogens (tertiary/aromatic N) is 4. The fourth-order valence-electron chi connectivity index (χ4n) is 3.29. The Kier molecular flexibility index (Phi) is 4.50. The molecule has 2 aromatic carbocycles. The number of benzene rings is 2. The number of anilines is 1. The lowest BCUT2D eigenvalue weighted by molar-refractivity contribution is 0.352. The number of rotatable bonds is 4. The maximum absolute atomic E-state index is 5.46. The van der Waals surface area contributed by atoms with Crippen molar-refractivity contribution >= 4 is 21.9 Å². The molecule has 2 heterocycles. The molecular formula is C18H18BrN5O2. The largest absolute Gasteiger partial charge is 0.493 e. The van der Waals surface area contributed by atoms with Crippen molar-refractivity contribution in [2.75, 3.05) is 19.5 Å². The van der Waals surface area contributed by atoms with Crippen molar-refractivity contribution in [1.82, 2.24) is 20.2 Å². The van der Waals surface area contributed by atoms with Crippen LogP contribution in [0.1, 0.15) is 29.6 Å². The predicted molar refractivity (Wildman–Crippen MR) is 101 cm³/mol. The summed E-state index contributed by atoms with van der Waals surface area (Å²) in [5.41, 5.74) is 2.26. The summed E-state index contributed by atoms with van der Waals surface area (Å²) < 4.78 is 13.7. The highest BCUT2D eigenvalue weighted by atomic mass is 79.9. The van der Waals surface area contributed by atoms with Gasteiger partial charge < -0.3 is 14.8 Å². The Labute approximate surface area is 159 Å². The molecule has 0 fully saturated rings. The van der Waals surface area contributed by atoms with Crippen LogP contribution in [0.15, 0.2) is 46.9 Å². The molecule has 3 aromatic rings. The fraction of sp³-hybridized carbons (Fsp3) is 0.278. The molecule has 0 radical (unpaired) electrons. The number of halogens is 1. The van der Waals surface area contributed by atoms with Gasteiger partial charge in [-0.3, -0.25) is 0 Å². The topological polar surface area (TPSA) is 74.1 Å². The average Bonchev–Trinajstić information content (AvgIpc) is 3.16. The molecule has 0 bridgehead atoms. The normalized spacial score (nSPS) is 18.7. The first-order valence-corrected chi connectivity index (χ1v) is 9.00. The molecule has 0 saturated heterocycles. The van der Waals surface area contributed by atoms with Gasteiger partial charge in [0.2, 0.25) is 5.95 Å². The lowest BCUT2D eigenvalue weighted by atomic mass is 9.93. The van der Waals surface area contributed by atoms with E-state index in [1.165, 1.54) is 5.56 Å². The van der Waals surface area contributed by atoms with Crippen LogP contribution in [0.4, 0.5) is 5.95 Å². The van der Waals surface area contributed by atoms with Gasteiger partial charge >= 0.3 is 0 Å². The van der Waals surface area contributed by atoms with Gasteiger partial charge in [0.25, 0.3) is 0 Å². The summed E-state index contributed by atoms with van der Waals surface area (Å²) in [6.45, 7) is 0. The fourth-order valence-corrected chi connectivity index (χ4v) is 3.55. The summed E-state index contributed by atoms with van der Waals surface area (Å²) in [4.78, 5) is 0. The Balaban J connectivity index is 1.72. The van der Waals surface area contributed by atoms with Crippen LogP contribution in [0.5, 0.6) is 11.5 Å². The monoisotopic (exact) mass is 415 g/mol. The summed E-state index contributed by atoms with van der Waals surface area (Å²) >= 11 is 3.48. The van der Waals surface area contributed by atoms with Crippen LogP contribution in [0.25, 0.3) is 0 Å². The molecule has 1 N–H and O–H groups in total. The summed E-state index contributed by atoms with van der Waals surface area (Å²) in [7, 11) is 3.27. The van der Waals surface area contributed by atoms with Gasteiger partial charge in [0.1, 0.15) is 0 Å². The Hall–Kier alpha value is -2.61. The second-order valence-electron chi connectivity index (χ2n) is 6.06. The zero-order valence-electron chi connectivity index (χ0n) is 14.4. The highest BCUT2D eigenvalue weighted by Gasteiger charge is 2.31. The molecule has 7 nitrogen and oxygen atoms in total. The molecule has 134 valence electrons. The first-order chi connectivity index (χ1) is 12.7. The molecule has 26 heavy (non-hydrogen) atoms. The molecule has 8 heteroatoms. The van der Waals surface area contributed by atoms with Crippen LogP contribution in [0, 0.1) is 0 Å². The van der Waals surface area contributed by atoms with E-state index in [9.17, 15) is 0 Å². The van der Waals surface area contributed by atoms with Gasteiger partial charge in [0, 0.05) is 4.47 Å². The van der Waals surface area contributed by atoms with E-state index in [0.29, 0.717) is 17.4 Å². The second-order valence-corrected chi connectivity index (χ2v) is 6.98. The molecule has 0 amide bonds. The first-order valence-electron chi connectivity index (χ1n) is 8.21. The van der Waals surface area contributed by atoms with E-state index >= 15 is 0 Å². The summed E-state index contributed by atoms with van der Waals surface area (Å²) in [5.74, 6) is 2.05. The minimum Gasteiger partial charge on any atom is -0.493 e. The van der Waals surface area contributed by atoms with E-state index < -0.39 is 0 Å². The minimum absolute atomic E-state index is 0.00490. The Morgan fingerprint density at radius 2 is 1.77 bits per heavy atom. The summed E-state index contributed by atoms with van der Waals surface area (Å²) in [6, 6.07) is 14.3. The predicted octanol–water partition coefficient (Wildman–Crippen LogP) is 3.60. The molecule has 4 rings (SSSR count). The van der Waals surface area contributed by atoms with Gasteiger partial charge in [-0.05, 0) is 52.2 Å². The Morgan fingerprint density at radius 1 is 1.04 bits per heavy atom. The van der Waals surface area contributed by atoms with Gasteiger partial charge in [0.15, 0.2) is 11.5 Å². The van der Waals surface area contributed by atoms with Gasteiger partial charge in [-0.25, -0.2) is 4.68 Å². The number of ether oxygens (including phenoxy) is 2. The molecule has 0 unspecified atom stereocenters. The summed E-state index contributed by atoms with van der Waals surface area (Å²) in [6.07, 6.45) is 0.815. The number of aromatic nitrogens is 4. The number of methoxy groups -OCH3 is 2. The molecule has 1 aliphatic rings. The molecule has 2 atom stereocenters. The maximum atomic E-state index is 5.46. The highest BCUT2D eigenvalue weighted by Crippen LogP contribution is 2.39. The van der Waals surface area contributed by atoms with E-state index in [1.807, 2.05) is 35.0 Å². The number of hydrogen-bond acceptors (Lipinski definition) is 6. The van der Waals surface area contributed by atoms with E-state index in [0.717, 1.165) is 16.5 Å². The number of fused-ring (bicyclic) bond motifs is 1.